The molecular weight excluding hydrogens is 270 g/mol. The van der Waals surface area contributed by atoms with Crippen LogP contribution in [0.25, 0.3) is 0 Å². The molecule has 0 spiro atoms. The molecule has 0 atom stereocenters. The largest absolute Gasteiger partial charge is 0.435 e. The Morgan fingerprint density at radius 2 is 1.75 bits per heavy atom. The monoisotopic (exact) mass is 274 g/mol. The van der Waals surface area contributed by atoms with Crippen molar-refractivity contribution in [2.24, 2.45) is 0 Å². The van der Waals surface area contributed by atoms with E-state index < -0.39 is 0 Å². The van der Waals surface area contributed by atoms with Gasteiger partial charge in [0.2, 0.25) is 0 Å². The highest BCUT2D eigenvalue weighted by atomic mass is 35.5. The number of benzene rings is 1. The van der Waals surface area contributed by atoms with Crippen molar-refractivity contribution < 1.29 is 4.74 Å². The van der Waals surface area contributed by atoms with Crippen LogP contribution in [-0.2, 0) is 0 Å². The van der Waals surface area contributed by atoms with Gasteiger partial charge in [0.15, 0.2) is 5.15 Å². The van der Waals surface area contributed by atoms with Crippen molar-refractivity contribution in [1.29, 1.82) is 0 Å². The molecule has 16 heavy (non-hydrogen) atoms. The molecule has 0 radical (unpaired) electrons. The molecule has 0 aliphatic carbocycles. The summed E-state index contributed by atoms with van der Waals surface area (Å²) in [5.74, 6) is 0.574. The number of hydrogen-bond donors (Lipinski definition) is 0. The Hall–Kier alpha value is -1.03. The summed E-state index contributed by atoms with van der Waals surface area (Å²) in [7, 11) is 0. The summed E-state index contributed by atoms with van der Waals surface area (Å²) in [6.45, 7) is 0. The lowest BCUT2D eigenvalue weighted by Gasteiger charge is -2.07. The molecule has 82 valence electrons. The Morgan fingerprint density at radius 1 is 1.00 bits per heavy atom. The van der Waals surface area contributed by atoms with Gasteiger partial charge in [0, 0.05) is 12.4 Å². The second kappa shape index (κ2) is 4.87. The fourth-order valence-electron chi connectivity index (χ4n) is 1.04. The molecule has 0 amide bonds. The van der Waals surface area contributed by atoms with E-state index in [0.717, 1.165) is 0 Å². The van der Waals surface area contributed by atoms with E-state index in [9.17, 15) is 0 Å². The summed E-state index contributed by atoms with van der Waals surface area (Å²) in [5.41, 5.74) is 0. The van der Waals surface area contributed by atoms with E-state index in [2.05, 4.69) is 9.97 Å². The number of nitrogens with zero attached hydrogens (tertiary/aromatic N) is 2. The Labute approximate surface area is 107 Å². The molecule has 0 unspecified atom stereocenters. The van der Waals surface area contributed by atoms with Gasteiger partial charge < -0.3 is 4.74 Å². The molecule has 1 heterocycles. The topological polar surface area (TPSA) is 35.0 Å². The van der Waals surface area contributed by atoms with Crippen molar-refractivity contribution >= 4 is 34.8 Å². The molecular formula is C10H5Cl3N2O. The molecule has 1 aromatic carbocycles. The van der Waals surface area contributed by atoms with Crippen molar-refractivity contribution in [2.75, 3.05) is 0 Å². The lowest BCUT2D eigenvalue weighted by atomic mass is 10.3. The minimum atomic E-state index is 0.165. The highest BCUT2D eigenvalue weighted by Gasteiger charge is 2.10. The lowest BCUT2D eigenvalue weighted by Crippen LogP contribution is -1.91. The van der Waals surface area contributed by atoms with Crippen LogP contribution < -0.4 is 4.74 Å². The van der Waals surface area contributed by atoms with Crippen molar-refractivity contribution in [3.8, 4) is 11.6 Å². The molecule has 2 rings (SSSR count). The van der Waals surface area contributed by atoms with Gasteiger partial charge in [-0.25, -0.2) is 9.97 Å². The number of aromatic nitrogens is 2. The first kappa shape index (κ1) is 11.5. The van der Waals surface area contributed by atoms with E-state index in [0.29, 0.717) is 15.8 Å². The zero-order chi connectivity index (χ0) is 11.5. The van der Waals surface area contributed by atoms with Crippen molar-refractivity contribution in [3.63, 3.8) is 0 Å². The Balaban J connectivity index is 2.35. The summed E-state index contributed by atoms with van der Waals surface area (Å²) in [4.78, 5) is 7.76. The second-order valence-electron chi connectivity index (χ2n) is 2.81. The maximum absolute atomic E-state index is 5.95. The number of hydrogen-bond acceptors (Lipinski definition) is 3. The van der Waals surface area contributed by atoms with Gasteiger partial charge in [-0.1, -0.05) is 40.9 Å². The fraction of sp³-hybridized carbons (Fsp3) is 0. The van der Waals surface area contributed by atoms with Crippen LogP contribution >= 0.6 is 34.8 Å². The van der Waals surface area contributed by atoms with E-state index in [1.807, 2.05) is 0 Å². The summed E-state index contributed by atoms with van der Waals surface area (Å²) >= 11 is 17.6. The highest BCUT2D eigenvalue weighted by molar-refractivity contribution is 6.42. The van der Waals surface area contributed by atoms with Gasteiger partial charge >= 0.3 is 0 Å². The van der Waals surface area contributed by atoms with Crippen LogP contribution in [0, 0.1) is 0 Å². The molecule has 0 fully saturated rings. The third-order valence-electron chi connectivity index (χ3n) is 1.75. The minimum Gasteiger partial charge on any atom is -0.435 e. The van der Waals surface area contributed by atoms with E-state index in [-0.39, 0.29) is 11.0 Å². The molecule has 3 nitrogen and oxygen atoms in total. The van der Waals surface area contributed by atoms with Crippen LogP contribution in [-0.4, -0.2) is 9.97 Å². The van der Waals surface area contributed by atoms with E-state index >= 15 is 0 Å². The Bertz CT molecular complexity index is 519. The maximum Gasteiger partial charge on any atom is 0.257 e. The van der Waals surface area contributed by atoms with Crippen molar-refractivity contribution in [1.82, 2.24) is 9.97 Å². The van der Waals surface area contributed by atoms with Gasteiger partial charge in [-0.05, 0) is 12.1 Å². The first-order chi connectivity index (χ1) is 7.68. The van der Waals surface area contributed by atoms with Crippen LogP contribution in [0.1, 0.15) is 0 Å². The zero-order valence-electron chi connectivity index (χ0n) is 7.82. The average Bonchev–Trinajstić information content (AvgIpc) is 2.28. The first-order valence-electron chi connectivity index (χ1n) is 4.27. The highest BCUT2D eigenvalue weighted by Crippen LogP contribution is 2.35. The molecule has 2 aromatic rings. The van der Waals surface area contributed by atoms with Gasteiger partial charge in [0.25, 0.3) is 5.88 Å². The third kappa shape index (κ3) is 2.38. The minimum absolute atomic E-state index is 0.165. The quantitative estimate of drug-likeness (QED) is 0.822. The molecule has 0 bridgehead atoms. The van der Waals surface area contributed by atoms with Crippen LogP contribution in [0.3, 0.4) is 0 Å². The van der Waals surface area contributed by atoms with Crippen LogP contribution in [0.2, 0.25) is 15.2 Å². The SMILES string of the molecule is Clc1cccc(Oc2nccnc2Cl)c1Cl. The van der Waals surface area contributed by atoms with Gasteiger partial charge in [0.1, 0.15) is 10.8 Å². The maximum atomic E-state index is 5.95. The number of rotatable bonds is 2. The van der Waals surface area contributed by atoms with Crippen molar-refractivity contribution in [3.05, 3.63) is 45.8 Å². The van der Waals surface area contributed by atoms with E-state index in [4.69, 9.17) is 39.5 Å². The molecule has 0 aliphatic heterocycles. The molecule has 0 saturated heterocycles. The lowest BCUT2D eigenvalue weighted by molar-refractivity contribution is 0.461. The summed E-state index contributed by atoms with van der Waals surface area (Å²) in [6.07, 6.45) is 2.94. The van der Waals surface area contributed by atoms with Crippen LogP contribution in [0.15, 0.2) is 30.6 Å². The summed E-state index contributed by atoms with van der Waals surface area (Å²) < 4.78 is 5.40. The number of halogens is 3. The first-order valence-corrected chi connectivity index (χ1v) is 5.40. The van der Waals surface area contributed by atoms with Gasteiger partial charge in [0.05, 0.1) is 5.02 Å². The predicted molar refractivity (Wildman–Crippen MR) is 63.6 cm³/mol. The molecule has 6 heteroatoms. The number of ether oxygens (including phenoxy) is 1. The Morgan fingerprint density at radius 3 is 2.50 bits per heavy atom. The smallest absolute Gasteiger partial charge is 0.257 e. The summed E-state index contributed by atoms with van der Waals surface area (Å²) in [5, 5.41) is 0.878. The fourth-order valence-corrected chi connectivity index (χ4v) is 1.52. The average molecular weight is 276 g/mol. The van der Waals surface area contributed by atoms with E-state index in [1.165, 1.54) is 12.4 Å². The Kier molecular flexibility index (Phi) is 3.49. The molecule has 0 aliphatic rings. The van der Waals surface area contributed by atoms with Crippen LogP contribution in [0.4, 0.5) is 0 Å². The standard InChI is InChI=1S/C10H5Cl3N2O/c11-6-2-1-3-7(8(6)12)16-10-9(13)14-4-5-15-10/h1-5H. The third-order valence-corrected chi connectivity index (χ3v) is 2.81. The van der Waals surface area contributed by atoms with Gasteiger partial charge in [-0.15, -0.1) is 0 Å². The summed E-state index contributed by atoms with van der Waals surface area (Å²) in [6, 6.07) is 5.04. The van der Waals surface area contributed by atoms with Crippen molar-refractivity contribution in [2.45, 2.75) is 0 Å². The normalized spacial score (nSPS) is 10.2. The molecule has 0 saturated carbocycles. The zero-order valence-corrected chi connectivity index (χ0v) is 10.1. The second-order valence-corrected chi connectivity index (χ2v) is 3.95. The molecule has 0 N–H and O–H groups in total. The van der Waals surface area contributed by atoms with Gasteiger partial charge in [-0.2, -0.15) is 0 Å². The van der Waals surface area contributed by atoms with E-state index in [1.54, 1.807) is 18.2 Å². The van der Waals surface area contributed by atoms with Crippen LogP contribution in [0.5, 0.6) is 11.6 Å². The molecule has 1 aromatic heterocycles. The predicted octanol–water partition coefficient (Wildman–Crippen LogP) is 4.23. The van der Waals surface area contributed by atoms with Gasteiger partial charge in [-0.3, -0.25) is 0 Å².